The first kappa shape index (κ1) is 21.4. The second kappa shape index (κ2) is 9.19. The van der Waals surface area contributed by atoms with E-state index in [9.17, 15) is 4.79 Å². The molecular formula is C26H25N3O3S. The van der Waals surface area contributed by atoms with Crippen molar-refractivity contribution < 1.29 is 9.47 Å². The molecule has 1 unspecified atom stereocenters. The van der Waals surface area contributed by atoms with Crippen LogP contribution in [0.25, 0.3) is 28.5 Å². The number of aromatic nitrogens is 3. The summed E-state index contributed by atoms with van der Waals surface area (Å²) >= 11 is 1.34. The highest BCUT2D eigenvalue weighted by atomic mass is 32.1. The molecule has 5 rings (SSSR count). The summed E-state index contributed by atoms with van der Waals surface area (Å²) in [5.41, 5.74) is 2.64. The van der Waals surface area contributed by atoms with E-state index in [4.69, 9.17) is 9.47 Å². The van der Waals surface area contributed by atoms with Gasteiger partial charge in [-0.05, 0) is 61.4 Å². The van der Waals surface area contributed by atoms with Crippen molar-refractivity contribution in [3.05, 3.63) is 74.6 Å². The largest absolute Gasteiger partial charge is 0.494 e. The summed E-state index contributed by atoms with van der Waals surface area (Å²) in [6, 6.07) is 15.6. The molecule has 33 heavy (non-hydrogen) atoms. The average Bonchev–Trinajstić information content (AvgIpc) is 3.37. The predicted molar refractivity (Wildman–Crippen MR) is 132 cm³/mol. The first-order valence-electron chi connectivity index (χ1n) is 11.2. The Morgan fingerprint density at radius 2 is 1.97 bits per heavy atom. The van der Waals surface area contributed by atoms with Crippen molar-refractivity contribution in [2.75, 3.05) is 6.61 Å². The number of ether oxygens (including phenoxy) is 2. The average molecular weight is 460 g/mol. The summed E-state index contributed by atoms with van der Waals surface area (Å²) in [6.07, 6.45) is 7.20. The van der Waals surface area contributed by atoms with Gasteiger partial charge in [-0.2, -0.15) is 9.50 Å². The standard InChI is InChI=1S/C26H25N3O3S/c1-3-4-7-14-31-21-12-10-18(11-13-21)24-27-26-29(28-24)25(30)23(33-26)16-20-15-19-8-5-6-9-22(19)32-17(20)2/h5-6,8-13,15-17H,3-4,7,14H2,1-2H3/b23-16-. The molecule has 1 aliphatic rings. The van der Waals surface area contributed by atoms with Crippen LogP contribution in [0.1, 0.15) is 38.7 Å². The van der Waals surface area contributed by atoms with Gasteiger partial charge in [0.2, 0.25) is 4.96 Å². The van der Waals surface area contributed by atoms with Gasteiger partial charge in [-0.15, -0.1) is 5.10 Å². The van der Waals surface area contributed by atoms with Crippen molar-refractivity contribution in [1.82, 2.24) is 14.6 Å². The van der Waals surface area contributed by atoms with E-state index >= 15 is 0 Å². The summed E-state index contributed by atoms with van der Waals surface area (Å²) in [5.74, 6) is 2.22. The van der Waals surface area contributed by atoms with Crippen molar-refractivity contribution in [3.63, 3.8) is 0 Å². The lowest BCUT2D eigenvalue weighted by Crippen LogP contribution is -2.26. The van der Waals surface area contributed by atoms with E-state index in [0.29, 0.717) is 15.3 Å². The molecule has 3 heterocycles. The number of para-hydroxylation sites is 1. The van der Waals surface area contributed by atoms with Crippen molar-refractivity contribution in [2.24, 2.45) is 0 Å². The fraction of sp³-hybridized carbons (Fsp3) is 0.269. The molecule has 0 aliphatic carbocycles. The van der Waals surface area contributed by atoms with Crippen LogP contribution in [0.2, 0.25) is 0 Å². The highest BCUT2D eigenvalue weighted by Crippen LogP contribution is 2.29. The fourth-order valence-electron chi connectivity index (χ4n) is 3.77. The minimum atomic E-state index is -0.170. The number of benzene rings is 2. The SMILES string of the molecule is CCCCCOc1ccc(-c2nc3s/c(=C\C4=Cc5ccccc5OC4C)c(=O)n3n2)cc1. The van der Waals surface area contributed by atoms with Gasteiger partial charge in [0.25, 0.3) is 5.56 Å². The Balaban J connectivity index is 1.39. The number of hydrogen-bond donors (Lipinski definition) is 0. The molecule has 0 spiro atoms. The maximum absolute atomic E-state index is 13.0. The molecule has 1 aliphatic heterocycles. The number of unbranched alkanes of at least 4 members (excludes halogenated alkanes) is 2. The second-order valence-electron chi connectivity index (χ2n) is 8.07. The monoisotopic (exact) mass is 459 g/mol. The van der Waals surface area contributed by atoms with E-state index in [1.165, 1.54) is 28.7 Å². The van der Waals surface area contributed by atoms with Gasteiger partial charge in [0.05, 0.1) is 11.1 Å². The maximum atomic E-state index is 13.0. The molecule has 6 nitrogen and oxygen atoms in total. The summed E-state index contributed by atoms with van der Waals surface area (Å²) in [5, 5.41) is 4.46. The zero-order valence-electron chi connectivity index (χ0n) is 18.7. The van der Waals surface area contributed by atoms with Crippen LogP contribution in [0.15, 0.2) is 58.9 Å². The Hall–Kier alpha value is -3.45. The first-order valence-corrected chi connectivity index (χ1v) is 12.1. The number of nitrogens with zero attached hydrogens (tertiary/aromatic N) is 3. The Morgan fingerprint density at radius 3 is 2.76 bits per heavy atom. The minimum absolute atomic E-state index is 0.139. The van der Waals surface area contributed by atoms with Gasteiger partial charge in [0, 0.05) is 11.1 Å². The van der Waals surface area contributed by atoms with Crippen molar-refractivity contribution in [3.8, 4) is 22.9 Å². The molecule has 0 N–H and O–H groups in total. The molecule has 0 radical (unpaired) electrons. The summed E-state index contributed by atoms with van der Waals surface area (Å²) in [6.45, 7) is 4.87. The van der Waals surface area contributed by atoms with Gasteiger partial charge in [0.1, 0.15) is 17.6 Å². The lowest BCUT2D eigenvalue weighted by atomic mass is 10.0. The van der Waals surface area contributed by atoms with Crippen molar-refractivity contribution in [2.45, 2.75) is 39.2 Å². The van der Waals surface area contributed by atoms with Crippen LogP contribution in [-0.2, 0) is 0 Å². The van der Waals surface area contributed by atoms with Crippen LogP contribution in [0.3, 0.4) is 0 Å². The van der Waals surface area contributed by atoms with E-state index in [-0.39, 0.29) is 11.7 Å². The Kier molecular flexibility index (Phi) is 5.96. The highest BCUT2D eigenvalue weighted by molar-refractivity contribution is 7.15. The van der Waals surface area contributed by atoms with Crippen molar-refractivity contribution in [1.29, 1.82) is 0 Å². The van der Waals surface area contributed by atoms with Gasteiger partial charge >= 0.3 is 0 Å². The third kappa shape index (κ3) is 4.41. The number of hydrogen-bond acceptors (Lipinski definition) is 6. The van der Waals surface area contributed by atoms with Gasteiger partial charge in [-0.25, -0.2) is 0 Å². The third-order valence-electron chi connectivity index (χ3n) is 5.62. The molecule has 7 heteroatoms. The van der Waals surface area contributed by atoms with E-state index in [1.807, 2.05) is 61.5 Å². The van der Waals surface area contributed by atoms with Crippen LogP contribution in [0.4, 0.5) is 0 Å². The molecule has 0 fully saturated rings. The van der Waals surface area contributed by atoms with Crippen LogP contribution >= 0.6 is 11.3 Å². The smallest absolute Gasteiger partial charge is 0.291 e. The molecular weight excluding hydrogens is 434 g/mol. The number of rotatable bonds is 7. The van der Waals surface area contributed by atoms with E-state index < -0.39 is 0 Å². The molecule has 2 aromatic heterocycles. The predicted octanol–water partition coefficient (Wildman–Crippen LogP) is 4.75. The van der Waals surface area contributed by atoms with E-state index in [2.05, 4.69) is 23.1 Å². The van der Waals surface area contributed by atoms with Crippen LogP contribution in [-0.4, -0.2) is 27.3 Å². The second-order valence-corrected chi connectivity index (χ2v) is 9.08. The maximum Gasteiger partial charge on any atom is 0.291 e. The minimum Gasteiger partial charge on any atom is -0.494 e. The Bertz CT molecular complexity index is 1420. The molecule has 2 aromatic carbocycles. The van der Waals surface area contributed by atoms with Crippen LogP contribution < -0.4 is 19.6 Å². The molecule has 0 saturated carbocycles. The van der Waals surface area contributed by atoms with Crippen LogP contribution in [0, 0.1) is 0 Å². The normalized spacial score (nSPS) is 15.9. The van der Waals surface area contributed by atoms with E-state index in [0.717, 1.165) is 41.2 Å². The third-order valence-corrected chi connectivity index (χ3v) is 6.58. The van der Waals surface area contributed by atoms with Crippen molar-refractivity contribution >= 4 is 28.4 Å². The topological polar surface area (TPSA) is 65.7 Å². The summed E-state index contributed by atoms with van der Waals surface area (Å²) in [4.78, 5) is 18.1. The summed E-state index contributed by atoms with van der Waals surface area (Å²) < 4.78 is 13.7. The zero-order chi connectivity index (χ0) is 22.8. The molecule has 0 amide bonds. The quantitative estimate of drug-likeness (QED) is 0.373. The lowest BCUT2D eigenvalue weighted by molar-refractivity contribution is 0.259. The molecule has 168 valence electrons. The Labute approximate surface area is 195 Å². The van der Waals surface area contributed by atoms with Gasteiger partial charge in [-0.1, -0.05) is 49.3 Å². The van der Waals surface area contributed by atoms with E-state index in [1.54, 1.807) is 0 Å². The molecule has 0 bridgehead atoms. The van der Waals surface area contributed by atoms with Gasteiger partial charge in [-0.3, -0.25) is 4.79 Å². The van der Waals surface area contributed by atoms with Gasteiger partial charge < -0.3 is 9.47 Å². The number of thiazole rings is 1. The molecule has 0 saturated heterocycles. The first-order chi connectivity index (χ1) is 16.1. The van der Waals surface area contributed by atoms with Gasteiger partial charge in [0.15, 0.2) is 5.82 Å². The molecule has 1 atom stereocenters. The summed E-state index contributed by atoms with van der Waals surface area (Å²) in [7, 11) is 0. The molecule has 4 aromatic rings. The zero-order valence-corrected chi connectivity index (χ0v) is 19.5. The number of fused-ring (bicyclic) bond motifs is 2. The van der Waals surface area contributed by atoms with Crippen LogP contribution in [0.5, 0.6) is 11.5 Å². The Morgan fingerprint density at radius 1 is 1.15 bits per heavy atom. The highest BCUT2D eigenvalue weighted by Gasteiger charge is 2.18. The fourth-order valence-corrected chi connectivity index (χ4v) is 4.68. The lowest BCUT2D eigenvalue weighted by Gasteiger charge is -2.22.